The molecule has 1 aliphatic rings. The lowest BCUT2D eigenvalue weighted by Crippen LogP contribution is -2.52. The van der Waals surface area contributed by atoms with E-state index in [1.54, 1.807) is 25.2 Å². The molecule has 1 fully saturated rings. The van der Waals surface area contributed by atoms with Gasteiger partial charge in [0.2, 0.25) is 5.91 Å². The number of benzene rings is 2. The average molecular weight is 456 g/mol. The summed E-state index contributed by atoms with van der Waals surface area (Å²) in [5.74, 6) is 1.14. The first-order chi connectivity index (χ1) is 15.7. The van der Waals surface area contributed by atoms with E-state index in [-0.39, 0.29) is 12.0 Å². The maximum absolute atomic E-state index is 13.5. The number of carbonyl (C=O) groups is 2. The number of hydrogen-bond acceptors (Lipinski definition) is 6. The fourth-order valence-corrected chi connectivity index (χ4v) is 3.75. The van der Waals surface area contributed by atoms with Gasteiger partial charge in [0.05, 0.1) is 19.9 Å². The summed E-state index contributed by atoms with van der Waals surface area (Å²) < 4.78 is 16.2. The first-order valence-electron chi connectivity index (χ1n) is 11.0. The van der Waals surface area contributed by atoms with E-state index < -0.39 is 11.6 Å². The molecule has 2 aromatic carbocycles. The highest BCUT2D eigenvalue weighted by atomic mass is 16.6. The number of anilines is 1. The van der Waals surface area contributed by atoms with Crippen molar-refractivity contribution >= 4 is 17.7 Å². The largest absolute Gasteiger partial charge is 0.497 e. The van der Waals surface area contributed by atoms with Crippen molar-refractivity contribution in [2.75, 3.05) is 45.7 Å². The zero-order valence-corrected chi connectivity index (χ0v) is 20.0. The van der Waals surface area contributed by atoms with Crippen LogP contribution in [-0.2, 0) is 9.53 Å². The molecular formula is C25H33N3O5. The molecule has 0 radical (unpaired) electrons. The number of methoxy groups -OCH3 is 2. The maximum Gasteiger partial charge on any atom is 0.410 e. The van der Waals surface area contributed by atoms with Crippen LogP contribution in [0.2, 0.25) is 0 Å². The Morgan fingerprint density at radius 1 is 0.909 bits per heavy atom. The Morgan fingerprint density at radius 2 is 1.55 bits per heavy atom. The minimum absolute atomic E-state index is 0.171. The number of hydrogen-bond donors (Lipinski definition) is 1. The molecule has 1 aliphatic heterocycles. The highest BCUT2D eigenvalue weighted by Gasteiger charge is 2.33. The third-order valence-corrected chi connectivity index (χ3v) is 5.38. The van der Waals surface area contributed by atoms with Crippen LogP contribution in [-0.4, -0.2) is 67.8 Å². The van der Waals surface area contributed by atoms with E-state index in [1.165, 1.54) is 0 Å². The highest BCUT2D eigenvalue weighted by molar-refractivity contribution is 5.96. The van der Waals surface area contributed by atoms with Gasteiger partial charge in [-0.3, -0.25) is 9.69 Å². The molecule has 8 nitrogen and oxygen atoms in total. The lowest BCUT2D eigenvalue weighted by Gasteiger charge is -2.39. The summed E-state index contributed by atoms with van der Waals surface area (Å²) in [5, 5.41) is 3.01. The van der Waals surface area contributed by atoms with E-state index in [9.17, 15) is 9.59 Å². The normalized spacial score (nSPS) is 15.5. The van der Waals surface area contributed by atoms with Crippen LogP contribution >= 0.6 is 0 Å². The Morgan fingerprint density at radius 3 is 2.12 bits per heavy atom. The minimum Gasteiger partial charge on any atom is -0.497 e. The second-order valence-corrected chi connectivity index (χ2v) is 8.87. The highest BCUT2D eigenvalue weighted by Crippen LogP contribution is 2.29. The van der Waals surface area contributed by atoms with Crippen molar-refractivity contribution in [1.82, 2.24) is 9.80 Å². The van der Waals surface area contributed by atoms with Crippen LogP contribution in [0, 0.1) is 0 Å². The fraction of sp³-hybridized carbons (Fsp3) is 0.440. The van der Waals surface area contributed by atoms with Gasteiger partial charge in [-0.2, -0.15) is 0 Å². The summed E-state index contributed by atoms with van der Waals surface area (Å²) in [4.78, 5) is 29.7. The smallest absolute Gasteiger partial charge is 0.410 e. The van der Waals surface area contributed by atoms with Crippen molar-refractivity contribution in [2.45, 2.75) is 32.4 Å². The van der Waals surface area contributed by atoms with Crippen molar-refractivity contribution in [3.8, 4) is 11.5 Å². The number of rotatable bonds is 6. The lowest BCUT2D eigenvalue weighted by molar-refractivity contribution is -0.122. The Bertz CT molecular complexity index is 947. The summed E-state index contributed by atoms with van der Waals surface area (Å²) in [6, 6.07) is 14.2. The van der Waals surface area contributed by atoms with Crippen LogP contribution in [0.3, 0.4) is 0 Å². The Kier molecular flexibility index (Phi) is 7.81. The third kappa shape index (κ3) is 6.38. The standard InChI is InChI=1S/C25H33N3O5/c1-25(2,3)33-24(30)28-16-14-27(15-17-28)22(18-10-12-19(31-4)13-11-18)23(29)26-20-8-6-7-9-21(20)32-5/h6-13,22H,14-17H2,1-5H3,(H,26,29). The molecule has 0 bridgehead atoms. The summed E-state index contributed by atoms with van der Waals surface area (Å²) in [6.07, 6.45) is -0.332. The number of piperazine rings is 1. The van der Waals surface area contributed by atoms with Crippen molar-refractivity contribution in [2.24, 2.45) is 0 Å². The predicted molar refractivity (Wildman–Crippen MR) is 127 cm³/mol. The summed E-state index contributed by atoms with van der Waals surface area (Å²) in [6.45, 7) is 7.58. The van der Waals surface area contributed by atoms with Crippen molar-refractivity contribution in [1.29, 1.82) is 0 Å². The lowest BCUT2D eigenvalue weighted by atomic mass is 10.0. The maximum atomic E-state index is 13.5. The van der Waals surface area contributed by atoms with E-state index in [2.05, 4.69) is 10.2 Å². The number of carbonyl (C=O) groups excluding carboxylic acids is 2. The summed E-state index contributed by atoms with van der Waals surface area (Å²) >= 11 is 0. The average Bonchev–Trinajstić information content (AvgIpc) is 2.79. The van der Waals surface area contributed by atoms with Crippen LogP contribution in [0.25, 0.3) is 0 Å². The third-order valence-electron chi connectivity index (χ3n) is 5.38. The quantitative estimate of drug-likeness (QED) is 0.711. The molecule has 0 saturated carbocycles. The molecule has 2 aromatic rings. The molecule has 33 heavy (non-hydrogen) atoms. The van der Waals surface area contributed by atoms with E-state index >= 15 is 0 Å². The number of nitrogens with zero attached hydrogens (tertiary/aromatic N) is 2. The zero-order chi connectivity index (χ0) is 24.0. The van der Waals surface area contributed by atoms with E-state index in [4.69, 9.17) is 14.2 Å². The van der Waals surface area contributed by atoms with Gasteiger partial charge in [-0.15, -0.1) is 0 Å². The molecular weight excluding hydrogens is 422 g/mol. The van der Waals surface area contributed by atoms with Crippen LogP contribution < -0.4 is 14.8 Å². The Balaban J connectivity index is 1.79. The van der Waals surface area contributed by atoms with E-state index in [1.807, 2.05) is 63.2 Å². The molecule has 1 heterocycles. The van der Waals surface area contributed by atoms with Gasteiger partial charge in [0.15, 0.2) is 0 Å². The van der Waals surface area contributed by atoms with Crippen LogP contribution in [0.1, 0.15) is 32.4 Å². The molecule has 1 unspecified atom stereocenters. The van der Waals surface area contributed by atoms with E-state index in [0.717, 1.165) is 11.3 Å². The van der Waals surface area contributed by atoms with Crippen molar-refractivity contribution in [3.63, 3.8) is 0 Å². The molecule has 1 N–H and O–H groups in total. The minimum atomic E-state index is -0.547. The molecule has 3 rings (SSSR count). The Hall–Kier alpha value is -3.26. The second kappa shape index (κ2) is 10.6. The number of nitrogens with one attached hydrogen (secondary N) is 1. The van der Waals surface area contributed by atoms with Gasteiger partial charge in [0.1, 0.15) is 23.1 Å². The molecule has 0 aromatic heterocycles. The molecule has 0 spiro atoms. The van der Waals surface area contributed by atoms with Gasteiger partial charge >= 0.3 is 6.09 Å². The molecule has 178 valence electrons. The number of para-hydroxylation sites is 2. The van der Waals surface area contributed by atoms with Gasteiger partial charge in [-0.25, -0.2) is 4.79 Å². The van der Waals surface area contributed by atoms with Gasteiger partial charge < -0.3 is 24.4 Å². The van der Waals surface area contributed by atoms with Crippen LogP contribution in [0.4, 0.5) is 10.5 Å². The zero-order valence-electron chi connectivity index (χ0n) is 20.0. The molecule has 0 aliphatic carbocycles. The summed E-state index contributed by atoms with van der Waals surface area (Å²) in [5.41, 5.74) is 0.902. The fourth-order valence-electron chi connectivity index (χ4n) is 3.75. The predicted octanol–water partition coefficient (Wildman–Crippen LogP) is 3.94. The monoisotopic (exact) mass is 455 g/mol. The van der Waals surface area contributed by atoms with Gasteiger partial charge in [0.25, 0.3) is 0 Å². The second-order valence-electron chi connectivity index (χ2n) is 8.87. The van der Waals surface area contributed by atoms with Crippen molar-refractivity contribution in [3.05, 3.63) is 54.1 Å². The first kappa shape index (κ1) is 24.4. The SMILES string of the molecule is COc1ccc(C(C(=O)Nc2ccccc2OC)N2CCN(C(=O)OC(C)(C)C)CC2)cc1. The molecule has 2 amide bonds. The first-order valence-corrected chi connectivity index (χ1v) is 11.0. The summed E-state index contributed by atoms with van der Waals surface area (Å²) in [7, 11) is 3.18. The van der Waals surface area contributed by atoms with Gasteiger partial charge in [-0.1, -0.05) is 24.3 Å². The van der Waals surface area contributed by atoms with Crippen molar-refractivity contribution < 1.29 is 23.8 Å². The number of amides is 2. The van der Waals surface area contributed by atoms with Gasteiger partial charge in [-0.05, 0) is 50.6 Å². The Labute approximate surface area is 195 Å². The molecule has 8 heteroatoms. The van der Waals surface area contributed by atoms with E-state index in [0.29, 0.717) is 37.6 Å². The van der Waals surface area contributed by atoms with Gasteiger partial charge in [0, 0.05) is 26.2 Å². The number of ether oxygens (including phenoxy) is 3. The topological polar surface area (TPSA) is 80.3 Å². The molecule has 1 saturated heterocycles. The molecule has 1 atom stereocenters. The van der Waals surface area contributed by atoms with Crippen LogP contribution in [0.15, 0.2) is 48.5 Å². The van der Waals surface area contributed by atoms with Crippen LogP contribution in [0.5, 0.6) is 11.5 Å².